The van der Waals surface area contributed by atoms with Gasteiger partial charge in [-0.2, -0.15) is 0 Å². The predicted octanol–water partition coefficient (Wildman–Crippen LogP) is 4.01. The number of Topliss-reactive ketones (excluding diaryl/α,β-unsaturated/α-hetero) is 1. The molecule has 0 bridgehead atoms. The van der Waals surface area contributed by atoms with Gasteiger partial charge in [0, 0.05) is 38.9 Å². The number of allylic oxidation sites excluding steroid dienone is 5. The average Bonchev–Trinajstić information content (AvgIpc) is 3.20. The number of aliphatic hydroxyl groups is 1. The molecule has 1 aromatic carbocycles. The van der Waals surface area contributed by atoms with Crippen LogP contribution in [-0.2, 0) is 44.8 Å². The number of aliphatic hydroxyl groups excluding tert-OH is 1. The van der Waals surface area contributed by atoms with Crippen molar-refractivity contribution >= 4 is 35.9 Å². The predicted molar refractivity (Wildman–Crippen MR) is 224 cm³/mol. The van der Waals surface area contributed by atoms with E-state index in [1.807, 2.05) is 38.2 Å². The summed E-state index contributed by atoms with van der Waals surface area (Å²) in [5.41, 5.74) is 4.23. The number of phenolic OH excluding ortho intramolecular Hbond substituents is 1. The number of hydrogen-bond acceptors (Lipinski definition) is 11. The SMILES string of the molecule is CON(C)C(=O)/C=C/C=C(\C)[C@H](C/C=C/C=C/CC(C)C(O)C(C)CCC(C)=O)OC(=O)C1CCCN(C(=O)C(Cc2cccc(O)c2)NC(=O)C(NC=O)C(C)C)N1. The number of aromatic hydroxyl groups is 1. The van der Waals surface area contributed by atoms with Crippen molar-refractivity contribution < 1.29 is 48.6 Å². The molecule has 5 N–H and O–H groups in total. The smallest absolute Gasteiger partial charge is 0.325 e. The molecule has 1 aliphatic rings. The van der Waals surface area contributed by atoms with Crippen LogP contribution >= 0.6 is 0 Å². The van der Waals surface area contributed by atoms with Crippen molar-refractivity contribution in [1.29, 1.82) is 0 Å². The van der Waals surface area contributed by atoms with Crippen molar-refractivity contribution in [2.24, 2.45) is 17.8 Å². The first-order valence-electron chi connectivity index (χ1n) is 20.2. The van der Waals surface area contributed by atoms with Crippen LogP contribution in [0.3, 0.4) is 0 Å². The third-order valence-corrected chi connectivity index (χ3v) is 10.2. The van der Waals surface area contributed by atoms with Crippen molar-refractivity contribution in [1.82, 2.24) is 26.1 Å². The number of esters is 1. The van der Waals surface area contributed by atoms with Crippen molar-refractivity contribution in [2.75, 3.05) is 20.7 Å². The maximum atomic E-state index is 14.1. The van der Waals surface area contributed by atoms with Gasteiger partial charge in [-0.15, -0.1) is 0 Å². The summed E-state index contributed by atoms with van der Waals surface area (Å²) >= 11 is 0. The number of carbonyl (C=O) groups is 6. The molecule has 59 heavy (non-hydrogen) atoms. The van der Waals surface area contributed by atoms with Crippen molar-refractivity contribution in [2.45, 2.75) is 117 Å². The first-order chi connectivity index (χ1) is 28.0. The molecule has 0 aliphatic carbocycles. The number of nitrogens with one attached hydrogen (secondary N) is 3. The summed E-state index contributed by atoms with van der Waals surface area (Å²) in [7, 11) is 2.85. The van der Waals surface area contributed by atoms with E-state index in [9.17, 15) is 39.0 Å². The van der Waals surface area contributed by atoms with Crippen LogP contribution in [0.4, 0.5) is 0 Å². The van der Waals surface area contributed by atoms with Gasteiger partial charge in [0.05, 0.1) is 13.2 Å². The largest absolute Gasteiger partial charge is 0.508 e. The lowest BCUT2D eigenvalue weighted by atomic mass is 9.88. The van der Waals surface area contributed by atoms with Crippen LogP contribution in [0.15, 0.2) is 72.4 Å². The monoisotopic (exact) mass is 823 g/mol. The molecule has 326 valence electrons. The molecule has 1 saturated heterocycles. The second kappa shape index (κ2) is 26.1. The van der Waals surface area contributed by atoms with Crippen molar-refractivity contribution in [3.05, 3.63) is 77.9 Å². The molecular formula is C44H65N5O10. The number of rotatable bonds is 24. The highest BCUT2D eigenvalue weighted by molar-refractivity contribution is 5.91. The van der Waals surface area contributed by atoms with Crippen LogP contribution in [0.1, 0.15) is 85.6 Å². The molecule has 0 spiro atoms. The Kier molecular flexibility index (Phi) is 22.1. The van der Waals surface area contributed by atoms with E-state index in [1.165, 1.54) is 43.5 Å². The minimum atomic E-state index is -1.11. The molecule has 15 heteroatoms. The maximum absolute atomic E-state index is 14.1. The van der Waals surface area contributed by atoms with Gasteiger partial charge in [-0.3, -0.25) is 33.8 Å². The highest BCUT2D eigenvalue weighted by Crippen LogP contribution is 2.22. The number of likely N-dealkylation sites (N-methyl/N-ethyl adjacent to an activating group) is 1. The van der Waals surface area contributed by atoms with Gasteiger partial charge in [0.15, 0.2) is 0 Å². The highest BCUT2D eigenvalue weighted by atomic mass is 16.7. The van der Waals surface area contributed by atoms with E-state index in [4.69, 9.17) is 9.57 Å². The fraction of sp³-hybridized carbons (Fsp3) is 0.545. The Morgan fingerprint density at radius 2 is 1.73 bits per heavy atom. The Morgan fingerprint density at radius 1 is 1.03 bits per heavy atom. The van der Waals surface area contributed by atoms with Gasteiger partial charge in [-0.1, -0.05) is 76.3 Å². The van der Waals surface area contributed by atoms with E-state index in [1.54, 1.807) is 45.9 Å². The molecule has 1 heterocycles. The Labute approximate surface area is 348 Å². The second-order valence-corrected chi connectivity index (χ2v) is 15.5. The topological polar surface area (TPSA) is 204 Å². The normalized spacial score (nSPS) is 18.0. The van der Waals surface area contributed by atoms with E-state index in [2.05, 4.69) is 16.1 Å². The zero-order chi connectivity index (χ0) is 44.1. The summed E-state index contributed by atoms with van der Waals surface area (Å²) in [5, 5.41) is 28.4. The zero-order valence-corrected chi connectivity index (χ0v) is 35.8. The average molecular weight is 824 g/mol. The number of nitrogens with zero attached hydrogens (tertiary/aromatic N) is 2. The molecule has 0 radical (unpaired) electrons. The quantitative estimate of drug-likeness (QED) is 0.0331. The Balaban J connectivity index is 2.24. The fourth-order valence-corrected chi connectivity index (χ4v) is 6.42. The molecule has 4 amide bonds. The van der Waals surface area contributed by atoms with Gasteiger partial charge in [-0.05, 0) is 80.6 Å². The summed E-state index contributed by atoms with van der Waals surface area (Å²) in [6, 6.07) is 3.42. The number of hydrogen-bond donors (Lipinski definition) is 5. The Morgan fingerprint density at radius 3 is 2.36 bits per heavy atom. The number of hydroxylamine groups is 2. The number of benzene rings is 1. The van der Waals surface area contributed by atoms with Crippen LogP contribution in [0, 0.1) is 17.8 Å². The van der Waals surface area contributed by atoms with Gasteiger partial charge >= 0.3 is 5.97 Å². The number of hydrazine groups is 1. The van der Waals surface area contributed by atoms with Crippen LogP contribution in [0.2, 0.25) is 0 Å². The maximum Gasteiger partial charge on any atom is 0.325 e. The third kappa shape index (κ3) is 17.7. The number of phenols is 1. The molecule has 1 aliphatic heterocycles. The van der Waals surface area contributed by atoms with E-state index in [0.717, 1.165) is 5.06 Å². The molecule has 0 saturated carbocycles. The first-order valence-corrected chi connectivity index (χ1v) is 20.2. The summed E-state index contributed by atoms with van der Waals surface area (Å²) in [6.07, 6.45) is 14.0. The van der Waals surface area contributed by atoms with E-state index >= 15 is 0 Å². The van der Waals surface area contributed by atoms with Crippen LogP contribution in [-0.4, -0.2) is 107 Å². The summed E-state index contributed by atoms with van der Waals surface area (Å²) in [5.74, 6) is -2.27. The molecule has 7 atom stereocenters. The number of carbonyl (C=O) groups excluding carboxylic acids is 6. The summed E-state index contributed by atoms with van der Waals surface area (Å²) in [6.45, 7) is 11.0. The number of ketones is 1. The van der Waals surface area contributed by atoms with Gasteiger partial charge in [0.25, 0.3) is 11.8 Å². The minimum Gasteiger partial charge on any atom is -0.508 e. The zero-order valence-electron chi connectivity index (χ0n) is 35.8. The third-order valence-electron chi connectivity index (χ3n) is 10.2. The van der Waals surface area contributed by atoms with Gasteiger partial charge in [0.1, 0.15) is 35.8 Å². The lowest BCUT2D eigenvalue weighted by Crippen LogP contribution is -2.62. The summed E-state index contributed by atoms with van der Waals surface area (Å²) < 4.78 is 6.03. The molecule has 6 unspecified atom stereocenters. The van der Waals surface area contributed by atoms with Gasteiger partial charge < -0.3 is 30.4 Å². The fourth-order valence-electron chi connectivity index (χ4n) is 6.42. The highest BCUT2D eigenvalue weighted by Gasteiger charge is 2.35. The lowest BCUT2D eigenvalue weighted by molar-refractivity contribution is -0.162. The lowest BCUT2D eigenvalue weighted by Gasteiger charge is -2.36. The van der Waals surface area contributed by atoms with E-state index in [-0.39, 0.29) is 48.7 Å². The summed E-state index contributed by atoms with van der Waals surface area (Å²) in [4.78, 5) is 80.9. The molecule has 1 fully saturated rings. The Hall–Kier alpha value is -5.12. The van der Waals surface area contributed by atoms with Crippen LogP contribution < -0.4 is 16.1 Å². The van der Waals surface area contributed by atoms with E-state index in [0.29, 0.717) is 49.7 Å². The first kappa shape index (κ1) is 50.0. The standard InChI is InChI=1S/C44H65N5O10/c1-29(2)40(45-28-50)42(55)46-37(27-34-18-14-19-35(52)26-34)43(56)49-25-15-20-36(47-49)44(57)59-38(30(3)17-13-22-39(53)48(7)58-8)21-12-10-9-11-16-31(4)41(54)32(5)23-24-33(6)51/h9-14,17-19,22,26,28-29,31-32,36-38,40-41,47,52,54H,15-16,20-21,23-25,27H2,1-8H3,(H,45,50)(H,46,55)/b11-9+,12-10+,22-13+,30-17+/t31?,32?,36?,37?,38-,40?,41?/m0/s1. The molecular weight excluding hydrogens is 759 g/mol. The Bertz CT molecular complexity index is 1670. The van der Waals surface area contributed by atoms with E-state index < -0.39 is 54.0 Å². The van der Waals surface area contributed by atoms with Crippen LogP contribution in [0.25, 0.3) is 0 Å². The number of ether oxygens (including phenoxy) is 1. The van der Waals surface area contributed by atoms with Crippen molar-refractivity contribution in [3.63, 3.8) is 0 Å². The number of amides is 4. The molecule has 2 rings (SSSR count). The minimum absolute atomic E-state index is 0.00600. The van der Waals surface area contributed by atoms with Crippen LogP contribution in [0.5, 0.6) is 5.75 Å². The molecule has 15 nitrogen and oxygen atoms in total. The van der Waals surface area contributed by atoms with Gasteiger partial charge in [-0.25, -0.2) is 10.5 Å². The molecule has 1 aromatic rings. The second-order valence-electron chi connectivity index (χ2n) is 15.5. The van der Waals surface area contributed by atoms with Gasteiger partial charge in [0.2, 0.25) is 12.3 Å². The molecule has 0 aromatic heterocycles. The van der Waals surface area contributed by atoms with Crippen molar-refractivity contribution in [3.8, 4) is 5.75 Å².